The zero-order valence-electron chi connectivity index (χ0n) is 9.30. The van der Waals surface area contributed by atoms with Gasteiger partial charge in [0.05, 0.1) is 12.2 Å². The molecule has 0 amide bonds. The molecule has 0 aliphatic rings. The second-order valence-corrected chi connectivity index (χ2v) is 3.95. The second kappa shape index (κ2) is 5.58. The van der Waals surface area contributed by atoms with Crippen molar-refractivity contribution in [1.82, 2.24) is 0 Å². The molecule has 0 radical (unpaired) electrons. The zero-order valence-corrected chi connectivity index (χ0v) is 9.30. The van der Waals surface area contributed by atoms with Crippen molar-refractivity contribution in [3.05, 3.63) is 35.4 Å². The Hall–Kier alpha value is -1.45. The van der Waals surface area contributed by atoms with Gasteiger partial charge < -0.3 is 4.74 Å². The number of carbonyl (C=O) groups excluding carboxylic acids is 1. The Morgan fingerprint density at radius 2 is 2.00 bits per heavy atom. The normalized spacial score (nSPS) is 10.6. The van der Waals surface area contributed by atoms with Gasteiger partial charge in [0.15, 0.2) is 11.6 Å². The highest BCUT2D eigenvalue weighted by Crippen LogP contribution is 2.10. The van der Waals surface area contributed by atoms with Gasteiger partial charge in [-0.05, 0) is 30.5 Å². The van der Waals surface area contributed by atoms with Crippen LogP contribution in [0.15, 0.2) is 18.2 Å². The Bertz CT molecular complexity index is 375. The summed E-state index contributed by atoms with van der Waals surface area (Å²) < 4.78 is 30.3. The molecule has 0 saturated heterocycles. The highest BCUT2D eigenvalue weighted by molar-refractivity contribution is 5.89. The van der Waals surface area contributed by atoms with Crippen molar-refractivity contribution in [2.45, 2.75) is 20.3 Å². The summed E-state index contributed by atoms with van der Waals surface area (Å²) in [6.45, 7) is 4.30. The van der Waals surface area contributed by atoms with Gasteiger partial charge in [0.2, 0.25) is 0 Å². The number of hydrogen-bond acceptors (Lipinski definition) is 2. The van der Waals surface area contributed by atoms with Crippen molar-refractivity contribution in [2.24, 2.45) is 5.92 Å². The van der Waals surface area contributed by atoms with E-state index in [0.717, 1.165) is 18.6 Å². The van der Waals surface area contributed by atoms with E-state index in [9.17, 15) is 13.6 Å². The van der Waals surface area contributed by atoms with Gasteiger partial charge in [-0.1, -0.05) is 13.8 Å². The monoisotopic (exact) mass is 228 g/mol. The van der Waals surface area contributed by atoms with Crippen LogP contribution in [0.3, 0.4) is 0 Å². The minimum Gasteiger partial charge on any atom is -0.462 e. The standard InChI is InChI=1S/C12H14F2O2/c1-8(2)5-6-16-12(15)9-3-4-10(13)11(14)7-9/h3-4,7-8H,5-6H2,1-2H3. The summed E-state index contributed by atoms with van der Waals surface area (Å²) in [6, 6.07) is 2.96. The molecule has 1 aromatic carbocycles. The summed E-state index contributed by atoms with van der Waals surface area (Å²) >= 11 is 0. The molecule has 0 aliphatic heterocycles. The highest BCUT2D eigenvalue weighted by Gasteiger charge is 2.10. The van der Waals surface area contributed by atoms with Gasteiger partial charge in [-0.2, -0.15) is 0 Å². The van der Waals surface area contributed by atoms with Crippen molar-refractivity contribution in [3.8, 4) is 0 Å². The van der Waals surface area contributed by atoms with E-state index >= 15 is 0 Å². The van der Waals surface area contributed by atoms with E-state index in [1.165, 1.54) is 6.07 Å². The largest absolute Gasteiger partial charge is 0.462 e. The average molecular weight is 228 g/mol. The molecule has 0 spiro atoms. The molecule has 16 heavy (non-hydrogen) atoms. The number of ether oxygens (including phenoxy) is 1. The van der Waals surface area contributed by atoms with E-state index in [1.807, 2.05) is 13.8 Å². The number of rotatable bonds is 4. The molecule has 0 atom stereocenters. The molecule has 0 N–H and O–H groups in total. The smallest absolute Gasteiger partial charge is 0.338 e. The predicted octanol–water partition coefficient (Wildman–Crippen LogP) is 3.17. The first-order valence-corrected chi connectivity index (χ1v) is 5.13. The van der Waals surface area contributed by atoms with Crippen LogP contribution in [0, 0.1) is 17.6 Å². The van der Waals surface area contributed by atoms with Crippen molar-refractivity contribution in [1.29, 1.82) is 0 Å². The molecule has 0 fully saturated rings. The SMILES string of the molecule is CC(C)CCOC(=O)c1ccc(F)c(F)c1. The summed E-state index contributed by atoms with van der Waals surface area (Å²) in [5, 5.41) is 0. The van der Waals surface area contributed by atoms with Crippen molar-refractivity contribution >= 4 is 5.97 Å². The zero-order chi connectivity index (χ0) is 12.1. The van der Waals surface area contributed by atoms with Gasteiger partial charge in [0.25, 0.3) is 0 Å². The average Bonchev–Trinajstić information content (AvgIpc) is 2.21. The fourth-order valence-corrected chi connectivity index (χ4v) is 1.09. The van der Waals surface area contributed by atoms with E-state index in [2.05, 4.69) is 0 Å². The molecule has 1 aromatic rings. The summed E-state index contributed by atoms with van der Waals surface area (Å²) in [5.41, 5.74) is 0.0302. The van der Waals surface area contributed by atoms with Crippen molar-refractivity contribution in [2.75, 3.05) is 6.61 Å². The van der Waals surface area contributed by atoms with E-state index in [0.29, 0.717) is 5.92 Å². The van der Waals surface area contributed by atoms with Crippen LogP contribution in [0.5, 0.6) is 0 Å². The third-order valence-corrected chi connectivity index (χ3v) is 2.08. The van der Waals surface area contributed by atoms with Gasteiger partial charge in [-0.15, -0.1) is 0 Å². The molecule has 2 nitrogen and oxygen atoms in total. The van der Waals surface area contributed by atoms with Crippen LogP contribution in [-0.2, 0) is 4.74 Å². The molecule has 0 unspecified atom stereocenters. The number of benzene rings is 1. The van der Waals surface area contributed by atoms with E-state index in [-0.39, 0.29) is 12.2 Å². The number of carbonyl (C=O) groups is 1. The minimum absolute atomic E-state index is 0.0302. The molecule has 0 saturated carbocycles. The van der Waals surface area contributed by atoms with E-state index < -0.39 is 17.6 Å². The Labute approximate surface area is 93.2 Å². The van der Waals surface area contributed by atoms with E-state index in [4.69, 9.17) is 4.74 Å². The van der Waals surface area contributed by atoms with Crippen molar-refractivity contribution < 1.29 is 18.3 Å². The lowest BCUT2D eigenvalue weighted by atomic mass is 10.1. The van der Waals surface area contributed by atoms with Crippen LogP contribution in [-0.4, -0.2) is 12.6 Å². The molecular weight excluding hydrogens is 214 g/mol. The third kappa shape index (κ3) is 3.61. The summed E-state index contributed by atoms with van der Waals surface area (Å²) in [6.07, 6.45) is 0.745. The Morgan fingerprint density at radius 1 is 1.31 bits per heavy atom. The molecule has 88 valence electrons. The topological polar surface area (TPSA) is 26.3 Å². The fourth-order valence-electron chi connectivity index (χ4n) is 1.09. The van der Waals surface area contributed by atoms with Crippen LogP contribution in [0.4, 0.5) is 8.78 Å². The Kier molecular flexibility index (Phi) is 4.40. The van der Waals surface area contributed by atoms with Crippen LogP contribution in [0.1, 0.15) is 30.6 Å². The Balaban J connectivity index is 2.56. The molecule has 0 aromatic heterocycles. The second-order valence-electron chi connectivity index (χ2n) is 3.95. The summed E-state index contributed by atoms with van der Waals surface area (Å²) in [7, 11) is 0. The lowest BCUT2D eigenvalue weighted by Crippen LogP contribution is -2.08. The van der Waals surface area contributed by atoms with Crippen molar-refractivity contribution in [3.63, 3.8) is 0 Å². The molecule has 0 bridgehead atoms. The predicted molar refractivity (Wildman–Crippen MR) is 56.1 cm³/mol. The molecular formula is C12H14F2O2. The van der Waals surface area contributed by atoms with Gasteiger partial charge in [0.1, 0.15) is 0 Å². The number of hydrogen-bond donors (Lipinski definition) is 0. The maximum absolute atomic E-state index is 12.8. The first-order valence-electron chi connectivity index (χ1n) is 5.13. The van der Waals surface area contributed by atoms with E-state index in [1.54, 1.807) is 0 Å². The lowest BCUT2D eigenvalue weighted by molar-refractivity contribution is 0.0487. The first kappa shape index (κ1) is 12.6. The molecule has 0 heterocycles. The number of esters is 1. The maximum atomic E-state index is 12.8. The fraction of sp³-hybridized carbons (Fsp3) is 0.417. The summed E-state index contributed by atoms with van der Waals surface area (Å²) in [5.74, 6) is -2.21. The van der Waals surface area contributed by atoms with Crippen LogP contribution in [0.2, 0.25) is 0 Å². The first-order chi connectivity index (χ1) is 7.50. The minimum atomic E-state index is -1.04. The van der Waals surface area contributed by atoms with Gasteiger partial charge in [0, 0.05) is 0 Å². The van der Waals surface area contributed by atoms with Gasteiger partial charge >= 0.3 is 5.97 Å². The lowest BCUT2D eigenvalue weighted by Gasteiger charge is -2.06. The quantitative estimate of drug-likeness (QED) is 0.740. The van der Waals surface area contributed by atoms with Crippen LogP contribution < -0.4 is 0 Å². The van der Waals surface area contributed by atoms with Crippen LogP contribution >= 0.6 is 0 Å². The molecule has 4 heteroatoms. The molecule has 1 rings (SSSR count). The Morgan fingerprint density at radius 3 is 2.56 bits per heavy atom. The van der Waals surface area contributed by atoms with Gasteiger partial charge in [-0.25, -0.2) is 13.6 Å². The highest BCUT2D eigenvalue weighted by atomic mass is 19.2. The number of halogens is 2. The van der Waals surface area contributed by atoms with Crippen LogP contribution in [0.25, 0.3) is 0 Å². The molecule has 0 aliphatic carbocycles. The maximum Gasteiger partial charge on any atom is 0.338 e. The summed E-state index contributed by atoms with van der Waals surface area (Å²) in [4.78, 5) is 11.4. The van der Waals surface area contributed by atoms with Gasteiger partial charge in [-0.3, -0.25) is 0 Å². The third-order valence-electron chi connectivity index (χ3n) is 2.08.